The van der Waals surface area contributed by atoms with Gasteiger partial charge in [-0.15, -0.1) is 0 Å². The van der Waals surface area contributed by atoms with E-state index in [1.165, 1.54) is 12.4 Å². The van der Waals surface area contributed by atoms with Gasteiger partial charge in [0.2, 0.25) is 0 Å². The zero-order valence-corrected chi connectivity index (χ0v) is 15.4. The molecule has 0 saturated carbocycles. The Labute approximate surface area is 164 Å². The maximum Gasteiger partial charge on any atom is 0.433 e. The minimum absolute atomic E-state index is 0.0873. The molecule has 4 heterocycles. The van der Waals surface area contributed by atoms with Gasteiger partial charge in [0.25, 0.3) is 0 Å². The molecule has 0 spiro atoms. The van der Waals surface area contributed by atoms with Crippen molar-refractivity contribution < 1.29 is 13.2 Å². The van der Waals surface area contributed by atoms with Crippen LogP contribution in [0, 0.1) is 0 Å². The molecule has 1 aliphatic rings. The molecular formula is C20H19F3N6. The lowest BCUT2D eigenvalue weighted by Crippen LogP contribution is -2.38. The summed E-state index contributed by atoms with van der Waals surface area (Å²) in [6, 6.07) is 7.34. The first kappa shape index (κ1) is 18.0. The van der Waals surface area contributed by atoms with E-state index in [9.17, 15) is 13.2 Å². The number of hydrogen-bond donors (Lipinski definition) is 3. The second kappa shape index (κ2) is 6.77. The van der Waals surface area contributed by atoms with Gasteiger partial charge in [-0.2, -0.15) is 13.2 Å². The van der Waals surface area contributed by atoms with Crippen molar-refractivity contribution in [1.82, 2.24) is 24.7 Å². The van der Waals surface area contributed by atoms with E-state index in [1.54, 1.807) is 18.3 Å². The average molecular weight is 400 g/mol. The Morgan fingerprint density at radius 2 is 2.07 bits per heavy atom. The number of H-pyrrole nitrogens is 1. The molecule has 0 unspecified atom stereocenters. The van der Waals surface area contributed by atoms with Gasteiger partial charge >= 0.3 is 6.18 Å². The normalized spacial score (nSPS) is 17.8. The minimum atomic E-state index is -4.59. The molecule has 0 amide bonds. The molecule has 1 saturated heterocycles. The summed E-state index contributed by atoms with van der Waals surface area (Å²) in [5.41, 5.74) is 0.391. The molecule has 9 heteroatoms. The summed E-state index contributed by atoms with van der Waals surface area (Å²) >= 11 is 0. The molecule has 5 rings (SSSR count). The second-order valence-electron chi connectivity index (χ2n) is 7.21. The topological polar surface area (TPSA) is 70.0 Å². The first-order valence-electron chi connectivity index (χ1n) is 9.50. The molecule has 1 aliphatic heterocycles. The fourth-order valence-corrected chi connectivity index (χ4v) is 3.98. The summed E-state index contributed by atoms with van der Waals surface area (Å²) in [6.45, 7) is 1.68. The van der Waals surface area contributed by atoms with Crippen molar-refractivity contribution in [3.05, 3.63) is 48.5 Å². The Bertz CT molecular complexity index is 1170. The maximum absolute atomic E-state index is 14.1. The minimum Gasteiger partial charge on any atom is -0.363 e. The highest BCUT2D eigenvalue weighted by Crippen LogP contribution is 2.40. The number of alkyl halides is 3. The second-order valence-corrected chi connectivity index (χ2v) is 7.21. The predicted molar refractivity (Wildman–Crippen MR) is 105 cm³/mol. The summed E-state index contributed by atoms with van der Waals surface area (Å²) in [5, 5.41) is 7.29. The highest BCUT2D eigenvalue weighted by atomic mass is 19.4. The van der Waals surface area contributed by atoms with E-state index in [-0.39, 0.29) is 17.4 Å². The third-order valence-electron chi connectivity index (χ3n) is 5.29. The Morgan fingerprint density at radius 3 is 2.86 bits per heavy atom. The van der Waals surface area contributed by atoms with Gasteiger partial charge in [-0.05, 0) is 25.5 Å². The summed E-state index contributed by atoms with van der Waals surface area (Å²) in [4.78, 5) is 11.7. The van der Waals surface area contributed by atoms with E-state index in [0.29, 0.717) is 16.8 Å². The van der Waals surface area contributed by atoms with Crippen LogP contribution in [0.4, 0.5) is 19.0 Å². The van der Waals surface area contributed by atoms with Crippen LogP contribution in [0.1, 0.15) is 18.5 Å². The van der Waals surface area contributed by atoms with E-state index >= 15 is 0 Å². The van der Waals surface area contributed by atoms with E-state index in [0.717, 1.165) is 35.8 Å². The first-order chi connectivity index (χ1) is 14.0. The van der Waals surface area contributed by atoms with Crippen molar-refractivity contribution in [3.63, 3.8) is 0 Å². The highest BCUT2D eigenvalue weighted by molar-refractivity contribution is 5.95. The van der Waals surface area contributed by atoms with Crippen molar-refractivity contribution in [3.8, 4) is 11.3 Å². The fraction of sp³-hybridized carbons (Fsp3) is 0.300. The van der Waals surface area contributed by atoms with E-state index in [1.807, 2.05) is 12.1 Å². The SMILES string of the molecule is FC(F)(F)c1c(-c2c[nH]c3ccccc23)nc(N[C@H]2CCCNC2)c2nccn12. The van der Waals surface area contributed by atoms with Gasteiger partial charge in [0.15, 0.2) is 17.2 Å². The van der Waals surface area contributed by atoms with Crippen LogP contribution >= 0.6 is 0 Å². The zero-order chi connectivity index (χ0) is 20.0. The molecule has 3 N–H and O–H groups in total. The predicted octanol–water partition coefficient (Wildman–Crippen LogP) is 4.06. The lowest BCUT2D eigenvalue weighted by Gasteiger charge is -2.25. The third-order valence-corrected chi connectivity index (χ3v) is 5.29. The molecule has 0 aliphatic carbocycles. The van der Waals surface area contributed by atoms with Crippen LogP contribution in [0.15, 0.2) is 42.9 Å². The molecule has 0 bridgehead atoms. The lowest BCUT2D eigenvalue weighted by atomic mass is 10.1. The summed E-state index contributed by atoms with van der Waals surface area (Å²) < 4.78 is 43.4. The molecular weight excluding hydrogens is 381 g/mol. The molecule has 150 valence electrons. The quantitative estimate of drug-likeness (QED) is 0.485. The standard InChI is InChI=1S/C20H19F3N6/c21-20(22,23)17-16(14-11-26-15-6-2-1-5-13(14)15)28-18(19-25-8-9-29(17)19)27-12-4-3-7-24-10-12/h1-2,5-6,8-9,11-12,24,26H,3-4,7,10H2,(H,27,28)/t12-/m0/s1. The van der Waals surface area contributed by atoms with Crippen molar-refractivity contribution >= 4 is 22.4 Å². The Balaban J connectivity index is 1.74. The lowest BCUT2D eigenvalue weighted by molar-refractivity contribution is -0.141. The van der Waals surface area contributed by atoms with Gasteiger partial charge in [0.05, 0.1) is 0 Å². The molecule has 1 aromatic carbocycles. The number of benzene rings is 1. The fourth-order valence-electron chi connectivity index (χ4n) is 3.98. The van der Waals surface area contributed by atoms with Crippen molar-refractivity contribution in [2.75, 3.05) is 18.4 Å². The van der Waals surface area contributed by atoms with Gasteiger partial charge in [-0.25, -0.2) is 9.97 Å². The zero-order valence-electron chi connectivity index (χ0n) is 15.4. The maximum atomic E-state index is 14.1. The monoisotopic (exact) mass is 400 g/mol. The summed E-state index contributed by atoms with van der Waals surface area (Å²) in [5.74, 6) is 0.358. The molecule has 1 fully saturated rings. The number of nitrogens with one attached hydrogen (secondary N) is 3. The Hall–Kier alpha value is -3.07. The van der Waals surface area contributed by atoms with Crippen molar-refractivity contribution in [2.24, 2.45) is 0 Å². The number of hydrogen-bond acceptors (Lipinski definition) is 4. The number of para-hydroxylation sites is 1. The Kier molecular flexibility index (Phi) is 4.20. The van der Waals surface area contributed by atoms with Gasteiger partial charge in [-0.1, -0.05) is 18.2 Å². The number of aromatic nitrogens is 4. The van der Waals surface area contributed by atoms with Gasteiger partial charge < -0.3 is 15.6 Å². The average Bonchev–Trinajstić information content (AvgIpc) is 3.35. The van der Waals surface area contributed by atoms with Crippen LogP contribution in [0.2, 0.25) is 0 Å². The van der Waals surface area contributed by atoms with Crippen LogP contribution in [0.5, 0.6) is 0 Å². The van der Waals surface area contributed by atoms with Crippen LogP contribution in [-0.2, 0) is 6.18 Å². The van der Waals surface area contributed by atoms with Crippen molar-refractivity contribution in [2.45, 2.75) is 25.1 Å². The molecule has 6 nitrogen and oxygen atoms in total. The summed E-state index contributed by atoms with van der Waals surface area (Å²) in [7, 11) is 0. The highest BCUT2D eigenvalue weighted by Gasteiger charge is 2.39. The van der Waals surface area contributed by atoms with Crippen LogP contribution in [-0.4, -0.2) is 38.5 Å². The van der Waals surface area contributed by atoms with E-state index < -0.39 is 11.9 Å². The molecule has 4 aromatic rings. The number of imidazole rings is 1. The van der Waals surface area contributed by atoms with E-state index in [4.69, 9.17) is 0 Å². The number of piperidine rings is 1. The Morgan fingerprint density at radius 1 is 1.21 bits per heavy atom. The molecule has 3 aromatic heterocycles. The van der Waals surface area contributed by atoms with Gasteiger partial charge in [0.1, 0.15) is 5.69 Å². The largest absolute Gasteiger partial charge is 0.433 e. The smallest absolute Gasteiger partial charge is 0.363 e. The van der Waals surface area contributed by atoms with Crippen molar-refractivity contribution in [1.29, 1.82) is 0 Å². The number of anilines is 1. The summed E-state index contributed by atoms with van der Waals surface area (Å²) in [6.07, 6.45) is 1.61. The van der Waals surface area contributed by atoms with Crippen LogP contribution < -0.4 is 10.6 Å². The third kappa shape index (κ3) is 3.11. The molecule has 1 atom stereocenters. The number of fused-ring (bicyclic) bond motifs is 2. The molecule has 0 radical (unpaired) electrons. The number of halogens is 3. The van der Waals surface area contributed by atoms with Gasteiger partial charge in [0, 0.05) is 47.6 Å². The van der Waals surface area contributed by atoms with Gasteiger partial charge in [-0.3, -0.25) is 4.40 Å². The van der Waals surface area contributed by atoms with Crippen LogP contribution in [0.3, 0.4) is 0 Å². The number of rotatable bonds is 3. The first-order valence-corrected chi connectivity index (χ1v) is 9.50. The molecule has 29 heavy (non-hydrogen) atoms. The van der Waals surface area contributed by atoms with Crippen LogP contribution in [0.25, 0.3) is 27.8 Å². The van der Waals surface area contributed by atoms with E-state index in [2.05, 4.69) is 25.6 Å². The number of aromatic amines is 1. The number of nitrogens with zero attached hydrogens (tertiary/aromatic N) is 3.